The molecule has 0 aromatic heterocycles. The van der Waals surface area contributed by atoms with Crippen molar-refractivity contribution in [2.24, 2.45) is 17.8 Å². The summed E-state index contributed by atoms with van der Waals surface area (Å²) in [7, 11) is -3.58. The quantitative estimate of drug-likeness (QED) is 0.105. The van der Waals surface area contributed by atoms with Crippen LogP contribution in [0.4, 0.5) is 93.4 Å². The van der Waals surface area contributed by atoms with Gasteiger partial charge >= 0.3 is 55.3 Å². The van der Waals surface area contributed by atoms with Gasteiger partial charge in [-0.25, -0.2) is 22.8 Å². The maximum absolute atomic E-state index is 13.7. The summed E-state index contributed by atoms with van der Waals surface area (Å²) < 4.78 is 283. The molecule has 3 aromatic carbocycles. The highest BCUT2D eigenvalue weighted by Gasteiger charge is 2.64. The van der Waals surface area contributed by atoms with Gasteiger partial charge in [0.2, 0.25) is 10.0 Å². The molecule has 9 heterocycles. The van der Waals surface area contributed by atoms with Crippen molar-refractivity contribution in [3.63, 3.8) is 0 Å². The average molecular weight is 1590 g/mol. The first-order valence-electron chi connectivity index (χ1n) is 37.1. The van der Waals surface area contributed by atoms with E-state index >= 15 is 0 Å². The van der Waals surface area contributed by atoms with Gasteiger partial charge < -0.3 is 28.9 Å². The highest BCUT2D eigenvalue weighted by Crippen LogP contribution is 2.54. The van der Waals surface area contributed by atoms with Crippen LogP contribution in [-0.4, -0.2) is 239 Å². The Balaban J connectivity index is 0.699. The van der Waals surface area contributed by atoms with E-state index in [9.17, 15) is 102 Å². The molecule has 1 saturated carbocycles. The molecular formula is C73H89F18N9O8S. The lowest BCUT2D eigenvalue weighted by atomic mass is 9.81. The zero-order valence-electron chi connectivity index (χ0n) is 60.2. The second kappa shape index (κ2) is 30.0. The summed E-state index contributed by atoms with van der Waals surface area (Å²) in [5, 5.41) is 0. The van der Waals surface area contributed by atoms with Crippen molar-refractivity contribution in [3.05, 3.63) is 105 Å². The number of nitrogens with zero attached hydrogens (tertiary/aromatic N) is 9. The van der Waals surface area contributed by atoms with Gasteiger partial charge in [0.1, 0.15) is 0 Å². The predicted molar refractivity (Wildman–Crippen MR) is 357 cm³/mol. The van der Waals surface area contributed by atoms with Crippen LogP contribution >= 0.6 is 0 Å². The Kier molecular flexibility index (Phi) is 22.3. The Morgan fingerprint density at radius 2 is 0.862 bits per heavy atom. The lowest BCUT2D eigenvalue weighted by molar-refractivity contribution is -0.309. The predicted octanol–water partition coefficient (Wildman–Crippen LogP) is 13.9. The molecule has 10 aliphatic rings. The van der Waals surface area contributed by atoms with Crippen LogP contribution in [0.25, 0.3) is 0 Å². The largest absolute Gasteiger partial charge is 0.434 e. The molecule has 0 N–H and O–H groups in total. The van der Waals surface area contributed by atoms with E-state index in [1.54, 1.807) is 0 Å². The van der Waals surface area contributed by atoms with E-state index in [0.29, 0.717) is 117 Å². The summed E-state index contributed by atoms with van der Waals surface area (Å²) in [6.07, 6.45) is -44.8. The van der Waals surface area contributed by atoms with E-state index in [2.05, 4.69) is 69.9 Å². The summed E-state index contributed by atoms with van der Waals surface area (Å²) in [5.74, 6) is 0.265. The van der Waals surface area contributed by atoms with Gasteiger partial charge in [-0.1, -0.05) is 54.6 Å². The van der Waals surface area contributed by atoms with Gasteiger partial charge in [-0.3, -0.25) is 24.5 Å². The molecule has 9 aliphatic heterocycles. The number of fused-ring (bicyclic) bond motifs is 3. The standard InChI is InChI=1S/C73H89F18N9O8S/c1-45(33-46-35-66(19-29-93(30-20-66)63(102)107-60(70(80,81)82)71(83,84)85)98(37-46)39-52-12-5-9-49-15-26-100(44-57(49)52)109(2,104)105)95-24-13-47-7-4-11-51(55(47)42-95)40-99-41-53(36-67(99)21-31-94(32-22-67)64(103)108-61(72(86,87)88)73(89,90)91)54-34-58(54)96-25-14-48-8-3-10-50(56(48)43-96)38-97-23-6-16-65(97)17-27-92(28-18-65)62(101)106-59(68(74,75)76)69(77,78)79/h3-5,7-12,45-46,53-54,58-61H,6,13-44H2,1-2H3. The number of hydrogen-bond donors (Lipinski definition) is 0. The van der Waals surface area contributed by atoms with Gasteiger partial charge in [0.05, 0.1) is 6.26 Å². The molecule has 7 fully saturated rings. The normalized spacial score (nSPS) is 25.2. The molecule has 36 heteroatoms. The second-order valence-corrected chi connectivity index (χ2v) is 34.0. The minimum Gasteiger partial charge on any atom is -0.426 e. The van der Waals surface area contributed by atoms with Crippen LogP contribution in [-0.2, 0) is 82.8 Å². The number of carbonyl (C=O) groups is 3. The third-order valence-electron chi connectivity index (χ3n) is 25.5. The zero-order valence-corrected chi connectivity index (χ0v) is 61.0. The number of hydrogen-bond acceptors (Lipinski definition) is 13. The molecular weight excluding hydrogens is 1500 g/mol. The molecule has 13 rings (SSSR count). The molecule has 17 nitrogen and oxygen atoms in total. The molecule has 3 aromatic rings. The number of ether oxygens (including phenoxy) is 3. The molecule has 3 spiro atoms. The fourth-order valence-corrected chi connectivity index (χ4v) is 20.5. The van der Waals surface area contributed by atoms with E-state index in [4.69, 9.17) is 0 Å². The van der Waals surface area contributed by atoms with Crippen LogP contribution < -0.4 is 0 Å². The van der Waals surface area contributed by atoms with Crippen molar-refractivity contribution in [2.75, 3.05) is 84.8 Å². The third kappa shape index (κ3) is 17.4. The minimum atomic E-state index is -5.92. The molecule has 5 atom stereocenters. The van der Waals surface area contributed by atoms with Gasteiger partial charge in [0.15, 0.2) is 0 Å². The average Bonchev–Trinajstić information content (AvgIpc) is 1.59. The van der Waals surface area contributed by atoms with E-state index in [0.717, 1.165) is 91.3 Å². The fourth-order valence-electron chi connectivity index (χ4n) is 19.7. The van der Waals surface area contributed by atoms with E-state index in [1.807, 2.05) is 30.3 Å². The van der Waals surface area contributed by atoms with Crippen molar-refractivity contribution in [1.29, 1.82) is 0 Å². The Hall–Kier alpha value is -6.08. The first-order valence-corrected chi connectivity index (χ1v) is 39.0. The third-order valence-corrected chi connectivity index (χ3v) is 26.7. The van der Waals surface area contributed by atoms with Crippen LogP contribution in [0, 0.1) is 17.8 Å². The van der Waals surface area contributed by atoms with Crippen LogP contribution in [0.5, 0.6) is 0 Å². The summed E-state index contributed by atoms with van der Waals surface area (Å²) in [5.41, 5.74) is 7.53. The first-order chi connectivity index (χ1) is 50.9. The van der Waals surface area contributed by atoms with Crippen molar-refractivity contribution >= 4 is 28.3 Å². The van der Waals surface area contributed by atoms with E-state index in [-0.39, 0.29) is 101 Å². The molecule has 5 unspecified atom stereocenters. The van der Waals surface area contributed by atoms with E-state index in [1.165, 1.54) is 9.87 Å². The number of piperidine rings is 3. The fraction of sp³-hybridized carbons (Fsp3) is 0.712. The molecule has 3 amide bonds. The van der Waals surface area contributed by atoms with Crippen LogP contribution in [0.15, 0.2) is 54.6 Å². The number of carbonyl (C=O) groups excluding carboxylic acids is 3. The lowest BCUT2D eigenvalue weighted by Gasteiger charge is -2.45. The number of halogens is 18. The first kappa shape index (κ1) is 81.0. The van der Waals surface area contributed by atoms with Crippen LogP contribution in [0.2, 0.25) is 0 Å². The van der Waals surface area contributed by atoms with Crippen molar-refractivity contribution in [3.8, 4) is 0 Å². The maximum atomic E-state index is 13.7. The number of likely N-dealkylation sites (tertiary alicyclic amines) is 6. The summed E-state index contributed by atoms with van der Waals surface area (Å²) >= 11 is 0. The smallest absolute Gasteiger partial charge is 0.426 e. The zero-order chi connectivity index (χ0) is 78.6. The monoisotopic (exact) mass is 1590 g/mol. The number of amides is 3. The molecule has 1 aliphatic carbocycles. The van der Waals surface area contributed by atoms with Crippen molar-refractivity contribution in [2.45, 2.75) is 227 Å². The number of sulfonamides is 1. The lowest BCUT2D eigenvalue weighted by Crippen LogP contribution is -2.54. The Labute approximate surface area is 619 Å². The van der Waals surface area contributed by atoms with Crippen molar-refractivity contribution in [1.82, 2.24) is 43.5 Å². The number of alkyl halides is 18. The summed E-state index contributed by atoms with van der Waals surface area (Å²) in [6, 6.07) is 18.1. The topological polar surface area (TPSA) is 142 Å². The highest BCUT2D eigenvalue weighted by molar-refractivity contribution is 7.88. The van der Waals surface area contributed by atoms with Gasteiger partial charge in [-0.15, -0.1) is 0 Å². The number of rotatable bonds is 15. The molecule has 0 bridgehead atoms. The van der Waals surface area contributed by atoms with Crippen LogP contribution in [0.3, 0.4) is 0 Å². The highest BCUT2D eigenvalue weighted by atomic mass is 32.2. The van der Waals surface area contributed by atoms with Gasteiger partial charge in [-0.05, 0) is 178 Å². The van der Waals surface area contributed by atoms with Crippen molar-refractivity contribution < 1.29 is 116 Å². The molecule has 0 radical (unpaired) electrons. The Morgan fingerprint density at radius 1 is 0.468 bits per heavy atom. The Morgan fingerprint density at radius 3 is 1.31 bits per heavy atom. The molecule has 6 saturated heterocycles. The summed E-state index contributed by atoms with van der Waals surface area (Å²) in [4.78, 5) is 53.7. The van der Waals surface area contributed by atoms with Crippen LogP contribution in [0.1, 0.15) is 134 Å². The van der Waals surface area contributed by atoms with E-state index < -0.39 is 100 Å². The minimum absolute atomic E-state index is 0.00367. The second-order valence-electron chi connectivity index (χ2n) is 32.0. The summed E-state index contributed by atoms with van der Waals surface area (Å²) in [6.45, 7) is 7.23. The van der Waals surface area contributed by atoms with Gasteiger partial charge in [0, 0.05) is 140 Å². The number of benzene rings is 3. The molecule has 109 heavy (non-hydrogen) atoms. The SMILES string of the molecule is CC(CC1CN(Cc2cccc3c2CN(S(C)(=O)=O)CC3)C2(CCN(C(=O)OC(C(F)(F)F)C(F)(F)F)CC2)C1)N1CCc2cccc(CN3CC(C4CC4N4CCc5cccc(CN6CCCC67CCN(C(=O)OC(C(F)(F)F)C(F)(F)F)CC7)c5C4)CC34CCN(C(=O)OC(C(F)(F)F)C(F)(F)F)CC4)c2C1. The van der Waals surface area contributed by atoms with Gasteiger partial charge in [-0.2, -0.15) is 83.3 Å². The van der Waals surface area contributed by atoms with Gasteiger partial charge in [0.25, 0.3) is 18.3 Å². The Bertz CT molecular complexity index is 3890. The molecule has 606 valence electrons. The maximum Gasteiger partial charge on any atom is 0.434 e.